The summed E-state index contributed by atoms with van der Waals surface area (Å²) in [6.45, 7) is 1.38. The lowest BCUT2D eigenvalue weighted by molar-refractivity contribution is -0.136. The molecular weight excluding hydrogens is 338 g/mol. The van der Waals surface area contributed by atoms with Crippen LogP contribution in [-0.2, 0) is 23.1 Å². The van der Waals surface area contributed by atoms with E-state index in [4.69, 9.17) is 21.4 Å². The number of rotatable bonds is 2. The maximum Gasteiger partial charge on any atom is 0.307 e. The highest BCUT2D eigenvalue weighted by Crippen LogP contribution is 2.42. The third-order valence-corrected chi connectivity index (χ3v) is 5.50. The van der Waals surface area contributed by atoms with Gasteiger partial charge < -0.3 is 15.2 Å². The van der Waals surface area contributed by atoms with Gasteiger partial charge >= 0.3 is 5.97 Å². The molecule has 0 radical (unpaired) electrons. The summed E-state index contributed by atoms with van der Waals surface area (Å²) < 4.78 is 6.15. The van der Waals surface area contributed by atoms with E-state index in [-0.39, 0.29) is 11.8 Å². The Hall–Kier alpha value is -2.20. The van der Waals surface area contributed by atoms with Crippen LogP contribution in [0.15, 0.2) is 36.4 Å². The second kappa shape index (κ2) is 6.26. The number of aliphatic carboxylic acids is 1. The van der Waals surface area contributed by atoms with Gasteiger partial charge in [0.15, 0.2) is 0 Å². The molecule has 2 aliphatic rings. The minimum atomic E-state index is -0.830. The van der Waals surface area contributed by atoms with Crippen LogP contribution in [0.2, 0.25) is 5.02 Å². The summed E-state index contributed by atoms with van der Waals surface area (Å²) in [4.78, 5) is 10.9. The molecule has 0 bridgehead atoms. The van der Waals surface area contributed by atoms with Crippen molar-refractivity contribution in [2.75, 3.05) is 18.5 Å². The first kappa shape index (κ1) is 16.3. The van der Waals surface area contributed by atoms with Crippen molar-refractivity contribution in [1.82, 2.24) is 0 Å². The standard InChI is InChI=1S/C20H20ClNO3/c21-15-4-5-16-14(10-15)2-1-7-20(16)11-22-17-8-13(9-19(23)24)3-6-18(17)25-12-20/h3-6,8,10,22H,1-2,7,9,11-12H2,(H,23,24). The molecule has 4 nitrogen and oxygen atoms in total. The van der Waals surface area contributed by atoms with E-state index in [2.05, 4.69) is 17.4 Å². The Labute approximate surface area is 151 Å². The second-order valence-electron chi connectivity index (χ2n) is 6.98. The lowest BCUT2D eigenvalue weighted by Gasteiger charge is -2.37. The first-order chi connectivity index (χ1) is 12.1. The highest BCUT2D eigenvalue weighted by atomic mass is 35.5. The Morgan fingerprint density at radius 2 is 2.16 bits per heavy atom. The number of hydrogen-bond acceptors (Lipinski definition) is 3. The molecule has 1 unspecified atom stereocenters. The van der Waals surface area contributed by atoms with Gasteiger partial charge in [-0.25, -0.2) is 0 Å². The van der Waals surface area contributed by atoms with Crippen LogP contribution >= 0.6 is 11.6 Å². The van der Waals surface area contributed by atoms with Crippen LogP contribution in [0.4, 0.5) is 5.69 Å². The van der Waals surface area contributed by atoms with Crippen LogP contribution in [0.25, 0.3) is 0 Å². The normalized spacial score (nSPS) is 21.5. The smallest absolute Gasteiger partial charge is 0.307 e. The summed E-state index contributed by atoms with van der Waals surface area (Å²) in [5.41, 5.74) is 4.19. The van der Waals surface area contributed by atoms with Crippen molar-refractivity contribution in [2.45, 2.75) is 31.1 Å². The lowest BCUT2D eigenvalue weighted by atomic mass is 9.70. The number of aryl methyl sites for hydroxylation is 1. The van der Waals surface area contributed by atoms with Crippen molar-refractivity contribution < 1.29 is 14.6 Å². The summed E-state index contributed by atoms with van der Waals surface area (Å²) in [6, 6.07) is 11.7. The van der Waals surface area contributed by atoms with Crippen LogP contribution < -0.4 is 10.1 Å². The fourth-order valence-electron chi connectivity index (χ4n) is 4.03. The van der Waals surface area contributed by atoms with Crippen molar-refractivity contribution in [3.05, 3.63) is 58.1 Å². The first-order valence-electron chi connectivity index (χ1n) is 8.56. The third kappa shape index (κ3) is 3.07. The molecule has 0 fully saturated rings. The predicted molar refractivity (Wildman–Crippen MR) is 97.8 cm³/mol. The number of fused-ring (bicyclic) bond motifs is 3. The molecule has 1 heterocycles. The molecule has 0 aromatic heterocycles. The predicted octanol–water partition coefficient (Wildman–Crippen LogP) is 4.05. The molecule has 5 heteroatoms. The van der Waals surface area contributed by atoms with Crippen molar-refractivity contribution in [3.63, 3.8) is 0 Å². The molecule has 2 N–H and O–H groups in total. The van der Waals surface area contributed by atoms with E-state index in [0.29, 0.717) is 6.61 Å². The Kier molecular flexibility index (Phi) is 4.08. The van der Waals surface area contributed by atoms with Gasteiger partial charge in [-0.2, -0.15) is 0 Å². The maximum absolute atomic E-state index is 10.9. The van der Waals surface area contributed by atoms with Crippen molar-refractivity contribution >= 4 is 23.3 Å². The number of carboxylic acids is 1. The summed E-state index contributed by atoms with van der Waals surface area (Å²) in [7, 11) is 0. The topological polar surface area (TPSA) is 58.6 Å². The monoisotopic (exact) mass is 357 g/mol. The number of halogens is 1. The number of carboxylic acid groups (broad SMARTS) is 1. The SMILES string of the molecule is O=C(O)Cc1ccc2c(c1)NCC1(CCCc3cc(Cl)ccc31)CO2. The molecule has 0 saturated heterocycles. The highest BCUT2D eigenvalue weighted by molar-refractivity contribution is 6.30. The van der Waals surface area contributed by atoms with Gasteiger partial charge in [0.25, 0.3) is 0 Å². The number of benzene rings is 2. The van der Waals surface area contributed by atoms with Crippen molar-refractivity contribution in [3.8, 4) is 5.75 Å². The molecular formula is C20H20ClNO3. The molecule has 0 amide bonds. The van der Waals surface area contributed by atoms with Gasteiger partial charge in [-0.3, -0.25) is 4.79 Å². The van der Waals surface area contributed by atoms with Crippen LogP contribution in [0.1, 0.15) is 29.5 Å². The highest BCUT2D eigenvalue weighted by Gasteiger charge is 2.39. The number of ether oxygens (including phenoxy) is 1. The van der Waals surface area contributed by atoms with E-state index in [1.54, 1.807) is 0 Å². The number of anilines is 1. The zero-order chi connectivity index (χ0) is 17.4. The summed E-state index contributed by atoms with van der Waals surface area (Å²) in [5, 5.41) is 13.3. The molecule has 25 heavy (non-hydrogen) atoms. The van der Waals surface area contributed by atoms with Gasteiger partial charge in [-0.1, -0.05) is 23.7 Å². The molecule has 0 saturated carbocycles. The Balaban J connectivity index is 1.65. The van der Waals surface area contributed by atoms with Crippen LogP contribution in [0, 0.1) is 0 Å². The van der Waals surface area contributed by atoms with E-state index < -0.39 is 5.97 Å². The third-order valence-electron chi connectivity index (χ3n) is 5.26. The summed E-state index contributed by atoms with van der Waals surface area (Å²) in [6.07, 6.45) is 3.23. The Morgan fingerprint density at radius 3 is 3.00 bits per heavy atom. The fourth-order valence-corrected chi connectivity index (χ4v) is 4.22. The van der Waals surface area contributed by atoms with Crippen LogP contribution in [0.3, 0.4) is 0 Å². The molecule has 1 atom stereocenters. The van der Waals surface area contributed by atoms with E-state index in [1.165, 1.54) is 11.1 Å². The van der Waals surface area contributed by atoms with Crippen molar-refractivity contribution in [2.24, 2.45) is 0 Å². The van der Waals surface area contributed by atoms with Gasteiger partial charge in [-0.05, 0) is 60.2 Å². The molecule has 4 rings (SSSR count). The molecule has 1 aliphatic heterocycles. The van der Waals surface area contributed by atoms with Gasteiger partial charge in [0.2, 0.25) is 0 Å². The Morgan fingerprint density at radius 1 is 1.28 bits per heavy atom. The van der Waals surface area contributed by atoms with E-state index in [1.807, 2.05) is 24.3 Å². The maximum atomic E-state index is 10.9. The molecule has 1 spiro atoms. The van der Waals surface area contributed by atoms with E-state index in [9.17, 15) is 4.79 Å². The van der Waals surface area contributed by atoms with Gasteiger partial charge in [0, 0.05) is 17.0 Å². The van der Waals surface area contributed by atoms with Gasteiger partial charge in [0.05, 0.1) is 18.7 Å². The van der Waals surface area contributed by atoms with Crippen molar-refractivity contribution in [1.29, 1.82) is 0 Å². The molecule has 1 aliphatic carbocycles. The van der Waals surface area contributed by atoms with Gasteiger partial charge in [0.1, 0.15) is 5.75 Å². The average molecular weight is 358 g/mol. The van der Waals surface area contributed by atoms with Crippen LogP contribution in [-0.4, -0.2) is 24.2 Å². The zero-order valence-electron chi connectivity index (χ0n) is 13.8. The Bertz CT molecular complexity index is 836. The van der Waals surface area contributed by atoms with Crippen LogP contribution in [0.5, 0.6) is 5.75 Å². The first-order valence-corrected chi connectivity index (χ1v) is 8.94. The summed E-state index contributed by atoms with van der Waals surface area (Å²) in [5.74, 6) is -0.0452. The average Bonchev–Trinajstić information content (AvgIpc) is 2.75. The quantitative estimate of drug-likeness (QED) is 0.851. The minimum Gasteiger partial charge on any atom is -0.490 e. The number of carbonyl (C=O) groups is 1. The largest absolute Gasteiger partial charge is 0.490 e. The number of hydrogen-bond donors (Lipinski definition) is 2. The molecule has 2 aromatic rings. The molecule has 130 valence electrons. The second-order valence-corrected chi connectivity index (χ2v) is 7.42. The minimum absolute atomic E-state index is 0.0153. The van der Waals surface area contributed by atoms with Gasteiger partial charge in [-0.15, -0.1) is 0 Å². The fraction of sp³-hybridized carbons (Fsp3) is 0.350. The van der Waals surface area contributed by atoms with E-state index >= 15 is 0 Å². The molecule has 2 aromatic carbocycles. The lowest BCUT2D eigenvalue weighted by Crippen LogP contribution is -2.41. The zero-order valence-corrected chi connectivity index (χ0v) is 14.6. The van der Waals surface area contributed by atoms with E-state index in [0.717, 1.165) is 47.8 Å². The summed E-state index contributed by atoms with van der Waals surface area (Å²) >= 11 is 6.17. The number of nitrogens with one attached hydrogen (secondary N) is 1.